The predicted molar refractivity (Wildman–Crippen MR) is 174 cm³/mol. The Bertz CT molecular complexity index is 2680. The van der Waals surface area contributed by atoms with Crippen molar-refractivity contribution in [1.29, 1.82) is 0 Å². The van der Waals surface area contributed by atoms with Crippen molar-refractivity contribution in [2.75, 3.05) is 0 Å². The van der Waals surface area contributed by atoms with Crippen LogP contribution in [-0.4, -0.2) is 9.55 Å². The molecule has 0 aliphatic carbocycles. The van der Waals surface area contributed by atoms with Crippen LogP contribution in [0.3, 0.4) is 0 Å². The monoisotopic (exact) mass is 541 g/mol. The zero-order chi connectivity index (χ0) is 32.0. The van der Waals surface area contributed by atoms with Crippen molar-refractivity contribution >= 4 is 54.5 Å². The molecule has 7 aromatic carbocycles. The number of aromatic nitrogens is 2. The average molecular weight is 542 g/mol. The topological polar surface area (TPSA) is 31.0 Å². The molecule has 0 bridgehead atoms. The van der Waals surface area contributed by atoms with E-state index in [1.54, 1.807) is 0 Å². The van der Waals surface area contributed by atoms with Gasteiger partial charge < -0.3 is 4.42 Å². The molecule has 2 aromatic heterocycles. The number of para-hydroxylation sites is 3. The third-order valence-corrected chi connectivity index (χ3v) is 8.08. The summed E-state index contributed by atoms with van der Waals surface area (Å²) in [5.41, 5.74) is 6.09. The van der Waals surface area contributed by atoms with E-state index in [2.05, 4.69) is 42.5 Å². The van der Waals surface area contributed by atoms with Gasteiger partial charge in [0.25, 0.3) is 0 Å². The summed E-state index contributed by atoms with van der Waals surface area (Å²) in [6.45, 7) is 0. The number of hydrogen-bond acceptors (Lipinski definition) is 2. The molecule has 0 spiro atoms. The second-order valence-corrected chi connectivity index (χ2v) is 10.4. The van der Waals surface area contributed by atoms with Gasteiger partial charge in [-0.05, 0) is 52.2 Å². The van der Waals surface area contributed by atoms with E-state index in [4.69, 9.17) is 16.3 Å². The molecule has 0 saturated carbocycles. The summed E-state index contributed by atoms with van der Waals surface area (Å²) in [7, 11) is 0. The van der Waals surface area contributed by atoms with Crippen molar-refractivity contribution < 1.29 is 11.3 Å². The Labute approximate surface area is 248 Å². The van der Waals surface area contributed by atoms with Gasteiger partial charge >= 0.3 is 0 Å². The van der Waals surface area contributed by atoms with Crippen LogP contribution in [0.4, 0.5) is 0 Å². The molecule has 3 heteroatoms. The van der Waals surface area contributed by atoms with E-state index in [-0.39, 0.29) is 23.5 Å². The third kappa shape index (κ3) is 3.31. The first-order chi connectivity index (χ1) is 22.9. The first kappa shape index (κ1) is 18.6. The molecule has 9 rings (SSSR count). The molecule has 3 nitrogen and oxygen atoms in total. The van der Waals surface area contributed by atoms with Gasteiger partial charge in [0.1, 0.15) is 17.0 Å². The maximum atomic E-state index is 8.85. The number of imidazole rings is 1. The molecular weight excluding hydrogens is 512 g/mol. The summed E-state index contributed by atoms with van der Waals surface area (Å²) in [6.07, 6.45) is 0. The Morgan fingerprint density at radius 1 is 0.548 bits per heavy atom. The first-order valence-electron chi connectivity index (χ1n) is 16.3. The molecule has 2 heterocycles. The molecule has 0 radical (unpaired) electrons. The number of furan rings is 1. The highest BCUT2D eigenvalue weighted by Gasteiger charge is 2.22. The van der Waals surface area contributed by atoms with Crippen LogP contribution >= 0.6 is 0 Å². The normalized spacial score (nSPS) is 13.5. The van der Waals surface area contributed by atoms with Gasteiger partial charge in [-0.15, -0.1) is 0 Å². The zero-order valence-electron chi connectivity index (χ0n) is 27.3. The lowest BCUT2D eigenvalue weighted by molar-refractivity contribution is 0.669. The Morgan fingerprint density at radius 3 is 1.93 bits per heavy atom. The third-order valence-electron chi connectivity index (χ3n) is 8.08. The van der Waals surface area contributed by atoms with E-state index in [1.807, 2.05) is 77.4 Å². The summed E-state index contributed by atoms with van der Waals surface area (Å²) < 4.78 is 50.9. The zero-order valence-corrected chi connectivity index (χ0v) is 22.3. The largest absolute Gasteiger partial charge is 0.456 e. The molecule has 0 aliphatic rings. The van der Waals surface area contributed by atoms with Crippen molar-refractivity contribution in [3.8, 4) is 28.2 Å². The number of nitrogens with zero attached hydrogens (tertiary/aromatic N) is 2. The van der Waals surface area contributed by atoms with Crippen LogP contribution in [0.25, 0.3) is 82.7 Å². The van der Waals surface area contributed by atoms with Crippen LogP contribution in [0.2, 0.25) is 0 Å². The minimum Gasteiger partial charge on any atom is -0.456 e. The minimum absolute atomic E-state index is 0.0572. The average Bonchev–Trinajstić information content (AvgIpc) is 3.67. The highest BCUT2D eigenvalue weighted by Crippen LogP contribution is 2.44. The summed E-state index contributed by atoms with van der Waals surface area (Å²) >= 11 is 0. The molecule has 0 aliphatic heterocycles. The lowest BCUT2D eigenvalue weighted by atomic mass is 9.90. The Morgan fingerprint density at radius 2 is 1.17 bits per heavy atom. The molecule has 0 fully saturated rings. The maximum absolute atomic E-state index is 8.85. The summed E-state index contributed by atoms with van der Waals surface area (Å²) in [4.78, 5) is 4.93. The standard InChI is InChI=1S/C39H24N2O/c1-2-12-25(13-3-1)39-40-33-19-9-10-20-34(33)41(39)38-30-17-6-4-15-28(30)37(29-16-5-7-18-31(29)38)26-22-23-36-32(24-26)27-14-8-11-21-35(27)42-36/h1-24H/i1D,2D,3D,12D,13D. The minimum atomic E-state index is -0.436. The number of fused-ring (bicyclic) bond motifs is 6. The van der Waals surface area contributed by atoms with E-state index < -0.39 is 18.1 Å². The smallest absolute Gasteiger partial charge is 0.145 e. The fourth-order valence-corrected chi connectivity index (χ4v) is 6.32. The lowest BCUT2D eigenvalue weighted by Crippen LogP contribution is -2.01. The molecule has 0 N–H and O–H groups in total. The molecule has 42 heavy (non-hydrogen) atoms. The number of hydrogen-bond donors (Lipinski definition) is 0. The second kappa shape index (κ2) is 8.92. The molecule has 0 atom stereocenters. The Balaban J connectivity index is 1.43. The first-order valence-corrected chi connectivity index (χ1v) is 13.8. The van der Waals surface area contributed by atoms with Crippen LogP contribution in [-0.2, 0) is 0 Å². The van der Waals surface area contributed by atoms with Gasteiger partial charge in [-0.25, -0.2) is 4.98 Å². The van der Waals surface area contributed by atoms with Crippen LogP contribution in [0, 0.1) is 0 Å². The summed E-state index contributed by atoms with van der Waals surface area (Å²) in [5.74, 6) is 0.289. The van der Waals surface area contributed by atoms with Gasteiger partial charge in [0.05, 0.1) is 23.6 Å². The molecular formula is C39H24N2O. The van der Waals surface area contributed by atoms with Gasteiger partial charge in [-0.3, -0.25) is 4.57 Å². The fourth-order valence-electron chi connectivity index (χ4n) is 6.32. The summed E-state index contributed by atoms with van der Waals surface area (Å²) in [5, 5.41) is 6.00. The van der Waals surface area contributed by atoms with Gasteiger partial charge in [0.2, 0.25) is 0 Å². The fraction of sp³-hybridized carbons (Fsp3) is 0. The highest BCUT2D eigenvalue weighted by molar-refractivity contribution is 6.20. The van der Waals surface area contributed by atoms with E-state index >= 15 is 0 Å². The van der Waals surface area contributed by atoms with Crippen LogP contribution in [0.5, 0.6) is 0 Å². The number of rotatable bonds is 3. The highest BCUT2D eigenvalue weighted by atomic mass is 16.3. The van der Waals surface area contributed by atoms with Crippen molar-refractivity contribution in [2.45, 2.75) is 0 Å². The van der Waals surface area contributed by atoms with Crippen LogP contribution < -0.4 is 0 Å². The van der Waals surface area contributed by atoms with Crippen molar-refractivity contribution in [2.24, 2.45) is 0 Å². The second-order valence-electron chi connectivity index (χ2n) is 10.4. The summed E-state index contributed by atoms with van der Waals surface area (Å²) in [6, 6.07) is 36.7. The quantitative estimate of drug-likeness (QED) is 0.208. The van der Waals surface area contributed by atoms with Crippen molar-refractivity contribution in [3.05, 3.63) is 145 Å². The SMILES string of the molecule is [2H]c1c([2H])c([2H])c(-c2nc3ccccc3n2-c2c3ccccc3c(-c3ccc4oc5ccccc5c4c3)c3ccccc23)c([2H])c1[2H]. The van der Waals surface area contributed by atoms with Gasteiger partial charge in [-0.2, -0.15) is 0 Å². The molecule has 0 amide bonds. The Kier molecular flexibility index (Phi) is 3.96. The van der Waals surface area contributed by atoms with E-state index in [1.165, 1.54) is 0 Å². The van der Waals surface area contributed by atoms with Crippen LogP contribution in [0.1, 0.15) is 6.85 Å². The van der Waals surface area contributed by atoms with E-state index in [0.717, 1.165) is 65.8 Å². The maximum Gasteiger partial charge on any atom is 0.145 e. The molecule has 196 valence electrons. The van der Waals surface area contributed by atoms with Gasteiger partial charge in [0.15, 0.2) is 0 Å². The molecule has 9 aromatic rings. The van der Waals surface area contributed by atoms with E-state index in [0.29, 0.717) is 5.52 Å². The van der Waals surface area contributed by atoms with Crippen LogP contribution in [0.15, 0.2) is 150 Å². The number of benzene rings is 7. The molecule has 0 saturated heterocycles. The van der Waals surface area contributed by atoms with Crippen molar-refractivity contribution in [3.63, 3.8) is 0 Å². The van der Waals surface area contributed by atoms with Gasteiger partial charge in [-0.1, -0.05) is 115 Å². The molecule has 0 unspecified atom stereocenters. The van der Waals surface area contributed by atoms with E-state index in [9.17, 15) is 0 Å². The van der Waals surface area contributed by atoms with Crippen molar-refractivity contribution in [1.82, 2.24) is 9.55 Å². The Hall–Kier alpha value is -5.67. The predicted octanol–water partition coefficient (Wildman–Crippen LogP) is 10.6. The lowest BCUT2D eigenvalue weighted by Gasteiger charge is -2.20. The van der Waals surface area contributed by atoms with Gasteiger partial charge in [0, 0.05) is 27.1 Å².